The molecule has 2 aromatic rings. The molecule has 146 valence electrons. The number of nitrogens with one attached hydrogen (secondary N) is 2. The molecule has 27 heavy (non-hydrogen) atoms. The van der Waals surface area contributed by atoms with Crippen LogP contribution in [0.4, 0.5) is 0 Å². The Kier molecular flexibility index (Phi) is 5.27. The largest absolute Gasteiger partial charge is 0.355 e. The van der Waals surface area contributed by atoms with Crippen molar-refractivity contribution in [3.05, 3.63) is 35.5 Å². The molecule has 2 N–H and O–H groups in total. The quantitative estimate of drug-likeness (QED) is 0.466. The van der Waals surface area contributed by atoms with Crippen LogP contribution in [0.25, 0.3) is 10.9 Å². The highest BCUT2D eigenvalue weighted by Crippen LogP contribution is 2.57. The average molecular weight is 479 g/mol. The second-order valence-electron chi connectivity index (χ2n) is 8.06. The number of halogens is 1. The number of hydrogen-bond acceptors (Lipinski definition) is 2. The molecular formula is C22H30IN3O. The minimum Gasteiger partial charge on any atom is -0.355 e. The molecule has 1 saturated heterocycles. The Bertz CT molecular complexity index is 847. The van der Waals surface area contributed by atoms with Crippen LogP contribution in [0.15, 0.2) is 24.3 Å². The van der Waals surface area contributed by atoms with Crippen molar-refractivity contribution >= 4 is 39.4 Å². The van der Waals surface area contributed by atoms with E-state index in [9.17, 15) is 4.79 Å². The third-order valence-electron chi connectivity index (χ3n) is 6.88. The van der Waals surface area contributed by atoms with Crippen molar-refractivity contribution in [1.29, 1.82) is 0 Å². The number of aromatic nitrogens is 1. The highest BCUT2D eigenvalue weighted by atomic mass is 127. The van der Waals surface area contributed by atoms with E-state index in [0.717, 1.165) is 49.6 Å². The van der Waals surface area contributed by atoms with Gasteiger partial charge in [0.25, 0.3) is 0 Å². The Labute approximate surface area is 175 Å². The fourth-order valence-electron chi connectivity index (χ4n) is 5.51. The maximum Gasteiger partial charge on any atom is 0.225 e. The number of likely N-dealkylation sites (tertiary alicyclic amines) is 1. The van der Waals surface area contributed by atoms with Gasteiger partial charge in [0.2, 0.25) is 5.91 Å². The van der Waals surface area contributed by atoms with E-state index >= 15 is 0 Å². The lowest BCUT2D eigenvalue weighted by Crippen LogP contribution is -2.64. The van der Waals surface area contributed by atoms with Gasteiger partial charge in [0.1, 0.15) is 5.66 Å². The third kappa shape index (κ3) is 2.68. The van der Waals surface area contributed by atoms with Gasteiger partial charge in [-0.25, -0.2) is 0 Å². The van der Waals surface area contributed by atoms with Crippen molar-refractivity contribution in [3.8, 4) is 0 Å². The minimum absolute atomic E-state index is 0.0605. The lowest BCUT2D eigenvalue weighted by molar-refractivity contribution is -0.133. The number of benzene rings is 1. The molecule has 2 aliphatic rings. The number of carbonyl (C=O) groups excluding carboxylic acids is 1. The fourth-order valence-corrected chi connectivity index (χ4v) is 6.54. The first-order chi connectivity index (χ1) is 13.1. The molecule has 2 aliphatic heterocycles. The van der Waals surface area contributed by atoms with E-state index in [0.29, 0.717) is 12.3 Å². The number of nitrogens with zero attached hydrogens (tertiary/aromatic N) is 1. The first kappa shape index (κ1) is 19.2. The number of rotatable bonds is 6. The number of carbonyl (C=O) groups is 1. The van der Waals surface area contributed by atoms with E-state index in [1.54, 1.807) is 0 Å². The molecule has 4 rings (SSSR count). The molecule has 0 saturated carbocycles. The van der Waals surface area contributed by atoms with Crippen molar-refractivity contribution < 1.29 is 4.79 Å². The summed E-state index contributed by atoms with van der Waals surface area (Å²) >= 11 is 2.48. The number of aromatic amines is 1. The molecule has 0 bridgehead atoms. The number of H-pyrrole nitrogens is 1. The number of alkyl halides is 1. The van der Waals surface area contributed by atoms with E-state index in [1.807, 2.05) is 0 Å². The first-order valence-corrected chi connectivity index (χ1v) is 11.9. The van der Waals surface area contributed by atoms with Gasteiger partial charge in [-0.2, -0.15) is 0 Å². The second-order valence-corrected chi connectivity index (χ2v) is 9.14. The van der Waals surface area contributed by atoms with E-state index in [4.69, 9.17) is 0 Å². The van der Waals surface area contributed by atoms with Crippen molar-refractivity contribution in [2.24, 2.45) is 5.41 Å². The van der Waals surface area contributed by atoms with Gasteiger partial charge in [-0.1, -0.05) is 61.1 Å². The van der Waals surface area contributed by atoms with Crippen molar-refractivity contribution in [3.63, 3.8) is 0 Å². The smallest absolute Gasteiger partial charge is 0.225 e. The highest BCUT2D eigenvalue weighted by Gasteiger charge is 2.64. The van der Waals surface area contributed by atoms with E-state index < -0.39 is 5.66 Å². The standard InChI is InChI=1S/C22H30IN3O/c1-3-5-14-26-19(27)15-21(4-2,11-12-23)22(26)20-17(10-13-24-22)16-8-6-7-9-18(16)25-20/h6-9,24-25H,3-5,10-15H2,1-2H3/t21-,22+/m0/s1. The van der Waals surface area contributed by atoms with Crippen molar-refractivity contribution in [2.75, 3.05) is 17.5 Å². The molecule has 0 radical (unpaired) electrons. The summed E-state index contributed by atoms with van der Waals surface area (Å²) in [4.78, 5) is 19.3. The maximum absolute atomic E-state index is 13.3. The zero-order valence-corrected chi connectivity index (χ0v) is 18.6. The molecule has 5 heteroatoms. The van der Waals surface area contributed by atoms with Gasteiger partial charge < -0.3 is 9.88 Å². The summed E-state index contributed by atoms with van der Waals surface area (Å²) in [5.41, 5.74) is 3.40. The van der Waals surface area contributed by atoms with Crippen LogP contribution in [0.1, 0.15) is 57.2 Å². The molecule has 0 unspecified atom stereocenters. The maximum atomic E-state index is 13.3. The molecule has 1 fully saturated rings. The van der Waals surface area contributed by atoms with Gasteiger partial charge >= 0.3 is 0 Å². The van der Waals surface area contributed by atoms with Crippen molar-refractivity contribution in [2.45, 2.75) is 58.0 Å². The first-order valence-electron chi connectivity index (χ1n) is 10.3. The summed E-state index contributed by atoms with van der Waals surface area (Å²) in [5.74, 6) is 0.314. The summed E-state index contributed by atoms with van der Waals surface area (Å²) in [5, 5.41) is 5.22. The molecule has 1 spiro atoms. The van der Waals surface area contributed by atoms with E-state index in [1.165, 1.54) is 22.2 Å². The second kappa shape index (κ2) is 7.39. The monoisotopic (exact) mass is 479 g/mol. The highest BCUT2D eigenvalue weighted by molar-refractivity contribution is 14.1. The summed E-state index contributed by atoms with van der Waals surface area (Å²) in [6.07, 6.45) is 5.88. The predicted octanol–water partition coefficient (Wildman–Crippen LogP) is 4.72. The van der Waals surface area contributed by atoms with E-state index in [2.05, 4.69) is 75.9 Å². The van der Waals surface area contributed by atoms with Crippen LogP contribution in [0, 0.1) is 5.41 Å². The van der Waals surface area contributed by atoms with E-state index in [-0.39, 0.29) is 5.41 Å². The Morgan fingerprint density at radius 2 is 2.07 bits per heavy atom. The SMILES string of the molecule is CCCCN1C(=O)C[C@](CC)(CCI)[C@]12NCCc1c2[nH]c2ccccc12. The molecule has 2 atom stereocenters. The van der Waals surface area contributed by atoms with Crippen LogP contribution < -0.4 is 5.32 Å². The lowest BCUT2D eigenvalue weighted by Gasteiger charge is -2.51. The Morgan fingerprint density at radius 3 is 2.81 bits per heavy atom. The molecule has 0 aliphatic carbocycles. The topological polar surface area (TPSA) is 48.1 Å². The number of fused-ring (bicyclic) bond motifs is 4. The zero-order valence-electron chi connectivity index (χ0n) is 16.4. The third-order valence-corrected chi connectivity index (χ3v) is 7.42. The van der Waals surface area contributed by atoms with Gasteiger partial charge in [0.15, 0.2) is 0 Å². The molecule has 1 aromatic carbocycles. The van der Waals surface area contributed by atoms with Crippen LogP contribution in [0.3, 0.4) is 0 Å². The van der Waals surface area contributed by atoms with Crippen molar-refractivity contribution in [1.82, 2.24) is 15.2 Å². The summed E-state index contributed by atoms with van der Waals surface area (Å²) in [6, 6.07) is 8.61. The normalized spacial score (nSPS) is 27.7. The fraction of sp³-hybridized carbons (Fsp3) is 0.591. The van der Waals surface area contributed by atoms with Gasteiger partial charge in [0.05, 0.1) is 5.69 Å². The van der Waals surface area contributed by atoms with Crippen LogP contribution in [-0.4, -0.2) is 33.3 Å². The summed E-state index contributed by atoms with van der Waals surface area (Å²) < 4.78 is 1.07. The van der Waals surface area contributed by atoms with Crippen LogP contribution in [0.2, 0.25) is 0 Å². The number of amides is 1. The lowest BCUT2D eigenvalue weighted by atomic mass is 9.67. The van der Waals surface area contributed by atoms with Gasteiger partial charge in [-0.3, -0.25) is 10.1 Å². The van der Waals surface area contributed by atoms with Crippen LogP contribution in [0.5, 0.6) is 0 Å². The minimum atomic E-state index is -0.397. The van der Waals surface area contributed by atoms with Crippen LogP contribution in [-0.2, 0) is 16.9 Å². The Hall–Kier alpha value is -1.08. The molecule has 1 aromatic heterocycles. The van der Waals surface area contributed by atoms with Crippen LogP contribution >= 0.6 is 22.6 Å². The summed E-state index contributed by atoms with van der Waals surface area (Å²) in [6.45, 7) is 6.23. The molecule has 3 heterocycles. The molecular weight excluding hydrogens is 449 g/mol. The van der Waals surface area contributed by atoms with Gasteiger partial charge in [-0.05, 0) is 37.3 Å². The number of para-hydroxylation sites is 1. The number of hydrogen-bond donors (Lipinski definition) is 2. The number of unbranched alkanes of at least 4 members (excludes halogenated alkanes) is 1. The average Bonchev–Trinajstić information content (AvgIpc) is 3.16. The van der Waals surface area contributed by atoms with Gasteiger partial charge in [0, 0.05) is 40.3 Å². The molecule has 4 nitrogen and oxygen atoms in total. The predicted molar refractivity (Wildman–Crippen MR) is 119 cm³/mol. The Balaban J connectivity index is 1.97. The zero-order chi connectivity index (χ0) is 19.1. The summed E-state index contributed by atoms with van der Waals surface area (Å²) in [7, 11) is 0. The van der Waals surface area contributed by atoms with Gasteiger partial charge in [-0.15, -0.1) is 0 Å². The Morgan fingerprint density at radius 1 is 1.26 bits per heavy atom. The molecule has 1 amide bonds.